The van der Waals surface area contributed by atoms with Crippen LogP contribution < -0.4 is 0 Å². The van der Waals surface area contributed by atoms with E-state index in [9.17, 15) is 10.2 Å². The average molecular weight is 250 g/mol. The fourth-order valence-electron chi connectivity index (χ4n) is 2.45. The zero-order valence-corrected chi connectivity index (χ0v) is 10.4. The summed E-state index contributed by atoms with van der Waals surface area (Å²) in [6.45, 7) is -0.0471. The molecule has 19 heavy (non-hydrogen) atoms. The molecule has 0 heterocycles. The van der Waals surface area contributed by atoms with E-state index in [2.05, 4.69) is 0 Å². The van der Waals surface area contributed by atoms with E-state index in [0.29, 0.717) is 0 Å². The van der Waals surface area contributed by atoms with Crippen LogP contribution in [-0.4, -0.2) is 10.2 Å². The number of aliphatic hydroxyl groups excluding tert-OH is 1. The molecule has 0 unspecified atom stereocenters. The molecule has 94 valence electrons. The van der Waals surface area contributed by atoms with Gasteiger partial charge in [0.1, 0.15) is 5.75 Å². The Morgan fingerprint density at radius 2 is 1.53 bits per heavy atom. The highest BCUT2D eigenvalue weighted by Crippen LogP contribution is 2.36. The number of para-hydroxylation sites is 1. The van der Waals surface area contributed by atoms with Gasteiger partial charge in [-0.3, -0.25) is 0 Å². The molecule has 0 fully saturated rings. The number of benzene rings is 3. The summed E-state index contributed by atoms with van der Waals surface area (Å²) >= 11 is 0. The molecule has 0 amide bonds. The van der Waals surface area contributed by atoms with Gasteiger partial charge in [-0.25, -0.2) is 0 Å². The Hall–Kier alpha value is -2.32. The average Bonchev–Trinajstić information content (AvgIpc) is 2.47. The number of phenolic OH excluding ortho intramolecular Hbond substituents is 1. The lowest BCUT2D eigenvalue weighted by Gasteiger charge is -2.13. The van der Waals surface area contributed by atoms with Crippen LogP contribution in [0.2, 0.25) is 0 Å². The predicted octanol–water partition coefficient (Wildman–Crippen LogP) is 3.70. The first-order chi connectivity index (χ1) is 9.31. The van der Waals surface area contributed by atoms with Gasteiger partial charge < -0.3 is 10.2 Å². The number of rotatable bonds is 2. The van der Waals surface area contributed by atoms with Crippen LogP contribution in [0, 0.1) is 0 Å². The molecule has 0 bridgehead atoms. The van der Waals surface area contributed by atoms with Crippen molar-refractivity contribution >= 4 is 10.8 Å². The second-order valence-electron chi connectivity index (χ2n) is 4.50. The molecule has 0 aliphatic rings. The Bertz CT molecular complexity index is 732. The molecule has 0 radical (unpaired) electrons. The van der Waals surface area contributed by atoms with E-state index in [-0.39, 0.29) is 12.4 Å². The molecular weight excluding hydrogens is 236 g/mol. The van der Waals surface area contributed by atoms with Crippen LogP contribution in [-0.2, 0) is 6.61 Å². The van der Waals surface area contributed by atoms with Gasteiger partial charge in [0, 0.05) is 5.56 Å². The molecule has 2 N–H and O–H groups in total. The number of aliphatic hydroxyl groups is 1. The van der Waals surface area contributed by atoms with Crippen molar-refractivity contribution in [1.82, 2.24) is 0 Å². The number of fused-ring (bicyclic) bond motifs is 1. The van der Waals surface area contributed by atoms with Crippen molar-refractivity contribution in [1.29, 1.82) is 0 Å². The maximum atomic E-state index is 10.1. The van der Waals surface area contributed by atoms with E-state index >= 15 is 0 Å². The van der Waals surface area contributed by atoms with Crippen molar-refractivity contribution < 1.29 is 10.2 Å². The van der Waals surface area contributed by atoms with E-state index in [4.69, 9.17) is 0 Å². The normalized spacial score (nSPS) is 10.8. The lowest BCUT2D eigenvalue weighted by molar-refractivity contribution is 0.282. The van der Waals surface area contributed by atoms with Gasteiger partial charge >= 0.3 is 0 Å². The van der Waals surface area contributed by atoms with Crippen LogP contribution in [0.1, 0.15) is 5.56 Å². The minimum atomic E-state index is -0.0471. The van der Waals surface area contributed by atoms with Crippen LogP contribution in [0.4, 0.5) is 0 Å². The molecule has 0 aliphatic carbocycles. The highest BCUT2D eigenvalue weighted by molar-refractivity contribution is 5.99. The molecule has 0 aromatic heterocycles. The second kappa shape index (κ2) is 4.75. The number of hydrogen-bond donors (Lipinski definition) is 2. The van der Waals surface area contributed by atoms with Gasteiger partial charge in [-0.2, -0.15) is 0 Å². The van der Waals surface area contributed by atoms with Crippen LogP contribution in [0.5, 0.6) is 5.75 Å². The summed E-state index contributed by atoms with van der Waals surface area (Å²) in [4.78, 5) is 0. The highest BCUT2D eigenvalue weighted by Gasteiger charge is 2.12. The molecule has 0 spiro atoms. The molecule has 3 aromatic rings. The zero-order chi connectivity index (χ0) is 13.2. The van der Waals surface area contributed by atoms with Crippen molar-refractivity contribution in [3.63, 3.8) is 0 Å². The van der Waals surface area contributed by atoms with Gasteiger partial charge in [-0.1, -0.05) is 54.6 Å². The van der Waals surface area contributed by atoms with Crippen molar-refractivity contribution in [3.8, 4) is 16.9 Å². The number of phenols is 1. The standard InChI is InChI=1S/C17H14O2/c18-11-13-10-9-12-5-1-2-6-14(12)17(13)15-7-3-4-8-16(15)19/h1-10,18-19H,11H2. The van der Waals surface area contributed by atoms with Gasteiger partial charge in [0.2, 0.25) is 0 Å². The van der Waals surface area contributed by atoms with Crippen molar-refractivity contribution in [2.75, 3.05) is 0 Å². The van der Waals surface area contributed by atoms with Gasteiger partial charge in [0.15, 0.2) is 0 Å². The van der Waals surface area contributed by atoms with E-state index in [1.54, 1.807) is 12.1 Å². The quantitative estimate of drug-likeness (QED) is 0.728. The Balaban J connectivity index is 2.41. The molecule has 0 atom stereocenters. The van der Waals surface area contributed by atoms with Crippen LogP contribution in [0.15, 0.2) is 60.7 Å². The smallest absolute Gasteiger partial charge is 0.123 e. The summed E-state index contributed by atoms with van der Waals surface area (Å²) in [7, 11) is 0. The van der Waals surface area contributed by atoms with Crippen molar-refractivity contribution in [2.45, 2.75) is 6.61 Å². The Kier molecular flexibility index (Phi) is 2.94. The van der Waals surface area contributed by atoms with E-state index < -0.39 is 0 Å². The molecule has 3 aromatic carbocycles. The highest BCUT2D eigenvalue weighted by atomic mass is 16.3. The van der Waals surface area contributed by atoms with Crippen LogP contribution in [0.25, 0.3) is 21.9 Å². The molecule has 0 saturated heterocycles. The SMILES string of the molecule is OCc1ccc2ccccc2c1-c1ccccc1O. The Morgan fingerprint density at radius 1 is 0.789 bits per heavy atom. The maximum Gasteiger partial charge on any atom is 0.123 e. The third kappa shape index (κ3) is 1.96. The third-order valence-electron chi connectivity index (χ3n) is 3.36. The summed E-state index contributed by atoms with van der Waals surface area (Å²) in [5, 5.41) is 21.7. The van der Waals surface area contributed by atoms with Crippen LogP contribution >= 0.6 is 0 Å². The third-order valence-corrected chi connectivity index (χ3v) is 3.36. The number of hydrogen-bond acceptors (Lipinski definition) is 2. The molecule has 0 saturated carbocycles. The van der Waals surface area contributed by atoms with E-state index in [1.807, 2.05) is 48.5 Å². The van der Waals surface area contributed by atoms with Gasteiger partial charge in [-0.15, -0.1) is 0 Å². The predicted molar refractivity (Wildman–Crippen MR) is 77.0 cm³/mol. The van der Waals surface area contributed by atoms with Gasteiger partial charge in [-0.05, 0) is 28.0 Å². The van der Waals surface area contributed by atoms with Gasteiger partial charge in [0.25, 0.3) is 0 Å². The summed E-state index contributed by atoms with van der Waals surface area (Å²) in [6.07, 6.45) is 0. The molecule has 2 nitrogen and oxygen atoms in total. The van der Waals surface area contributed by atoms with Gasteiger partial charge in [0.05, 0.1) is 6.61 Å². The summed E-state index contributed by atoms with van der Waals surface area (Å²) < 4.78 is 0. The summed E-state index contributed by atoms with van der Waals surface area (Å²) in [5.41, 5.74) is 2.47. The van der Waals surface area contributed by atoms with Crippen molar-refractivity contribution in [3.05, 3.63) is 66.2 Å². The number of aromatic hydroxyl groups is 1. The lowest BCUT2D eigenvalue weighted by Crippen LogP contribution is -1.91. The fraction of sp³-hybridized carbons (Fsp3) is 0.0588. The largest absolute Gasteiger partial charge is 0.507 e. The molecule has 3 rings (SSSR count). The Morgan fingerprint density at radius 3 is 2.32 bits per heavy atom. The van der Waals surface area contributed by atoms with Crippen molar-refractivity contribution in [2.24, 2.45) is 0 Å². The topological polar surface area (TPSA) is 40.5 Å². The second-order valence-corrected chi connectivity index (χ2v) is 4.50. The summed E-state index contributed by atoms with van der Waals surface area (Å²) in [5.74, 6) is 0.230. The van der Waals surface area contributed by atoms with Crippen LogP contribution in [0.3, 0.4) is 0 Å². The lowest BCUT2D eigenvalue weighted by atomic mass is 9.93. The Labute approximate surface area is 111 Å². The molecular formula is C17H14O2. The summed E-state index contributed by atoms with van der Waals surface area (Å²) in [6, 6.07) is 19.1. The molecule has 0 aliphatic heterocycles. The first-order valence-electron chi connectivity index (χ1n) is 6.21. The molecule has 2 heteroatoms. The van der Waals surface area contributed by atoms with E-state index in [0.717, 1.165) is 27.5 Å². The maximum absolute atomic E-state index is 10.1. The minimum Gasteiger partial charge on any atom is -0.507 e. The monoisotopic (exact) mass is 250 g/mol. The van der Waals surface area contributed by atoms with E-state index in [1.165, 1.54) is 0 Å². The minimum absolute atomic E-state index is 0.0471. The first-order valence-corrected chi connectivity index (χ1v) is 6.21. The fourth-order valence-corrected chi connectivity index (χ4v) is 2.45. The first kappa shape index (κ1) is 11.8. The zero-order valence-electron chi connectivity index (χ0n) is 10.4.